The Balaban J connectivity index is 2.27. The van der Waals surface area contributed by atoms with Crippen molar-refractivity contribution < 1.29 is 28.4 Å². The molecule has 0 bridgehead atoms. The van der Waals surface area contributed by atoms with E-state index in [0.29, 0.717) is 37.7 Å². The van der Waals surface area contributed by atoms with Gasteiger partial charge in [-0.25, -0.2) is 4.39 Å². The highest BCUT2D eigenvalue weighted by Crippen LogP contribution is 2.18. The van der Waals surface area contributed by atoms with E-state index in [1.807, 2.05) is 0 Å². The summed E-state index contributed by atoms with van der Waals surface area (Å²) in [5.41, 5.74) is 9.89. The maximum Gasteiger partial charge on any atom is 0.247 e. The van der Waals surface area contributed by atoms with Crippen LogP contribution in [0, 0.1) is 11.7 Å². The average molecular weight is 619 g/mol. The Morgan fingerprint density at radius 1 is 1.00 bits per heavy atom. The molecule has 1 aromatic rings. The maximum atomic E-state index is 13.6. The van der Waals surface area contributed by atoms with E-state index >= 15 is 0 Å². The van der Waals surface area contributed by atoms with Crippen LogP contribution in [0.25, 0.3) is 0 Å². The van der Waals surface area contributed by atoms with Crippen molar-refractivity contribution in [3.8, 4) is 0 Å². The lowest BCUT2D eigenvalue weighted by molar-refractivity contribution is -0.136. The highest BCUT2D eigenvalue weighted by atomic mass is 19.1. The van der Waals surface area contributed by atoms with E-state index in [1.54, 1.807) is 20.8 Å². The van der Waals surface area contributed by atoms with Crippen LogP contribution in [0.4, 0.5) is 4.39 Å². The first kappa shape index (κ1) is 36.0. The molecule has 1 aromatic carbocycles. The number of benzene rings is 1. The van der Waals surface area contributed by atoms with Crippen LogP contribution < -0.4 is 38.1 Å². The van der Waals surface area contributed by atoms with Gasteiger partial charge in [0.1, 0.15) is 23.4 Å². The molecule has 5 amide bonds. The smallest absolute Gasteiger partial charge is 0.247 e. The zero-order valence-corrected chi connectivity index (χ0v) is 25.8. The Labute approximate surface area is 257 Å². The number of hydrogen-bond donors (Lipinski definition) is 7. The Kier molecular flexibility index (Phi) is 14.5. The number of carbonyl (C=O) groups excluding carboxylic acids is 5. The molecular weight excluding hydrogens is 571 g/mol. The quantitative estimate of drug-likeness (QED) is 0.132. The molecule has 0 radical (unpaired) electrons. The second kappa shape index (κ2) is 17.8. The van der Waals surface area contributed by atoms with Crippen LogP contribution in [0.5, 0.6) is 0 Å². The first-order valence-electron chi connectivity index (χ1n) is 15.1. The highest BCUT2D eigenvalue weighted by Gasteiger charge is 2.37. The van der Waals surface area contributed by atoms with Gasteiger partial charge >= 0.3 is 0 Å². The predicted octanol–water partition coefficient (Wildman–Crippen LogP) is 0.639. The summed E-state index contributed by atoms with van der Waals surface area (Å²) in [7, 11) is 0. The van der Waals surface area contributed by atoms with Gasteiger partial charge in [0.15, 0.2) is 5.96 Å². The molecule has 1 heterocycles. The third kappa shape index (κ3) is 12.2. The van der Waals surface area contributed by atoms with Crippen LogP contribution in [-0.2, 0) is 24.0 Å². The summed E-state index contributed by atoms with van der Waals surface area (Å²) in [5, 5.41) is 14.0. The molecule has 14 heteroatoms. The molecule has 0 aliphatic carbocycles. The largest absolute Gasteiger partial charge is 0.370 e. The van der Waals surface area contributed by atoms with E-state index in [4.69, 9.17) is 11.5 Å². The minimum Gasteiger partial charge on any atom is -0.370 e. The van der Waals surface area contributed by atoms with Gasteiger partial charge in [-0.1, -0.05) is 26.0 Å². The SMILES string of the molecule is CC(C)C(=O)NC1(C)CCCCNC(=O)C(c2ccc(F)cc2)NC(=O)CCCCNC(=O)C(CCCN=C(N)N)NC1=O. The van der Waals surface area contributed by atoms with E-state index in [0.717, 1.165) is 0 Å². The number of guanidine groups is 1. The topological polar surface area (TPSA) is 210 Å². The number of hydrogen-bond acceptors (Lipinski definition) is 6. The Bertz CT molecular complexity index is 1170. The fourth-order valence-electron chi connectivity index (χ4n) is 4.59. The van der Waals surface area contributed by atoms with Crippen molar-refractivity contribution in [1.29, 1.82) is 0 Å². The van der Waals surface area contributed by atoms with Crippen LogP contribution in [0.3, 0.4) is 0 Å². The number of aliphatic imine (C=N–C) groups is 1. The lowest BCUT2D eigenvalue weighted by Gasteiger charge is -2.32. The lowest BCUT2D eigenvalue weighted by atomic mass is 9.91. The first-order chi connectivity index (χ1) is 20.8. The zero-order valence-electron chi connectivity index (χ0n) is 25.8. The molecule has 3 atom stereocenters. The molecule has 1 aliphatic heterocycles. The monoisotopic (exact) mass is 618 g/mol. The average Bonchev–Trinajstić information content (AvgIpc) is 2.96. The molecule has 244 valence electrons. The van der Waals surface area contributed by atoms with Gasteiger partial charge in [-0.2, -0.15) is 0 Å². The molecular formula is C30H47FN8O5. The van der Waals surface area contributed by atoms with Gasteiger partial charge in [0, 0.05) is 32.0 Å². The molecule has 44 heavy (non-hydrogen) atoms. The molecule has 3 unspecified atom stereocenters. The second-order valence-electron chi connectivity index (χ2n) is 11.5. The van der Waals surface area contributed by atoms with Crippen molar-refractivity contribution >= 4 is 35.5 Å². The summed E-state index contributed by atoms with van der Waals surface area (Å²) < 4.78 is 13.5. The lowest BCUT2D eigenvalue weighted by Crippen LogP contribution is -2.61. The molecule has 0 spiro atoms. The molecule has 0 aromatic heterocycles. The van der Waals surface area contributed by atoms with Gasteiger partial charge in [-0.05, 0) is 69.6 Å². The number of amides is 5. The number of nitrogens with two attached hydrogens (primary N) is 2. The van der Waals surface area contributed by atoms with Crippen LogP contribution in [0.15, 0.2) is 29.3 Å². The molecule has 13 nitrogen and oxygen atoms in total. The maximum absolute atomic E-state index is 13.6. The number of nitrogens with zero attached hydrogens (tertiary/aromatic N) is 1. The number of nitrogens with one attached hydrogen (secondary N) is 5. The fourth-order valence-corrected chi connectivity index (χ4v) is 4.59. The van der Waals surface area contributed by atoms with E-state index < -0.39 is 41.2 Å². The van der Waals surface area contributed by atoms with Crippen LogP contribution >= 0.6 is 0 Å². The Hall–Kier alpha value is -4.23. The van der Waals surface area contributed by atoms with E-state index in [2.05, 4.69) is 31.6 Å². The normalized spacial score (nSPS) is 23.1. The van der Waals surface area contributed by atoms with E-state index in [9.17, 15) is 28.4 Å². The van der Waals surface area contributed by atoms with Crippen molar-refractivity contribution in [3.63, 3.8) is 0 Å². The van der Waals surface area contributed by atoms with Gasteiger partial charge in [0.2, 0.25) is 29.5 Å². The van der Waals surface area contributed by atoms with E-state index in [-0.39, 0.29) is 62.6 Å². The standard InChI is InChI=1S/C30H47FN8O5/c1-19(2)25(41)39-30(3)15-5-7-17-35-27(43)24(20-11-13-21(31)14-12-20)38-23(40)10-4-6-16-34-26(42)22(37-28(30)44)9-8-18-36-29(32)33/h11-14,19,22,24H,4-10,15-18H2,1-3H3,(H,34,42)(H,35,43)(H,37,44)(H,38,40)(H,39,41)(H4,32,33,36). The molecule has 0 saturated carbocycles. The summed E-state index contributed by atoms with van der Waals surface area (Å²) in [6.07, 6.45) is 2.79. The Morgan fingerprint density at radius 2 is 1.64 bits per heavy atom. The summed E-state index contributed by atoms with van der Waals surface area (Å²) in [6, 6.07) is 3.40. The van der Waals surface area contributed by atoms with Gasteiger partial charge < -0.3 is 38.1 Å². The van der Waals surface area contributed by atoms with Crippen LogP contribution in [0.1, 0.15) is 83.7 Å². The van der Waals surface area contributed by atoms with Crippen molar-refractivity contribution in [1.82, 2.24) is 26.6 Å². The number of halogens is 1. The number of rotatable bonds is 7. The summed E-state index contributed by atoms with van der Waals surface area (Å²) in [5.74, 6) is -2.98. The third-order valence-corrected chi connectivity index (χ3v) is 7.30. The van der Waals surface area contributed by atoms with Crippen LogP contribution in [0.2, 0.25) is 0 Å². The molecule has 1 aliphatic rings. The molecule has 9 N–H and O–H groups in total. The second-order valence-corrected chi connectivity index (χ2v) is 11.5. The van der Waals surface area contributed by atoms with Crippen molar-refractivity contribution in [2.45, 2.75) is 89.8 Å². The van der Waals surface area contributed by atoms with Gasteiger partial charge in [0.05, 0.1) is 0 Å². The molecule has 1 saturated heterocycles. The van der Waals surface area contributed by atoms with Gasteiger partial charge in [0.25, 0.3) is 0 Å². The third-order valence-electron chi connectivity index (χ3n) is 7.30. The molecule has 1 fully saturated rings. The van der Waals surface area contributed by atoms with E-state index in [1.165, 1.54) is 24.3 Å². The zero-order chi connectivity index (χ0) is 32.7. The van der Waals surface area contributed by atoms with Gasteiger partial charge in [-0.3, -0.25) is 29.0 Å². The minimum atomic E-state index is -1.34. The summed E-state index contributed by atoms with van der Waals surface area (Å²) >= 11 is 0. The number of carbonyl (C=O) groups is 5. The van der Waals surface area contributed by atoms with Gasteiger partial charge in [-0.15, -0.1) is 0 Å². The summed E-state index contributed by atoms with van der Waals surface area (Å²) in [4.78, 5) is 69.2. The fraction of sp³-hybridized carbons (Fsp3) is 0.600. The van der Waals surface area contributed by atoms with Crippen molar-refractivity contribution in [2.75, 3.05) is 19.6 Å². The highest BCUT2D eigenvalue weighted by molar-refractivity contribution is 5.95. The minimum absolute atomic E-state index is 0.0767. The first-order valence-corrected chi connectivity index (χ1v) is 15.1. The van der Waals surface area contributed by atoms with Crippen molar-refractivity contribution in [3.05, 3.63) is 35.6 Å². The van der Waals surface area contributed by atoms with Crippen LogP contribution in [-0.4, -0.2) is 66.7 Å². The molecule has 2 rings (SSSR count). The summed E-state index contributed by atoms with van der Waals surface area (Å²) in [6.45, 7) is 5.78. The predicted molar refractivity (Wildman–Crippen MR) is 164 cm³/mol. The Morgan fingerprint density at radius 3 is 2.27 bits per heavy atom. The van der Waals surface area contributed by atoms with Crippen molar-refractivity contribution in [2.24, 2.45) is 22.4 Å².